The molecule has 1 fully saturated rings. The van der Waals surface area contributed by atoms with Gasteiger partial charge in [-0.05, 0) is 32.4 Å². The number of nitrogens with zero attached hydrogens (tertiary/aromatic N) is 3. The number of hydrogen-bond acceptors (Lipinski definition) is 4. The number of imidazole rings is 1. The van der Waals surface area contributed by atoms with Crippen LogP contribution >= 0.6 is 0 Å². The number of hydrogen-bond donors (Lipinski definition) is 1. The van der Waals surface area contributed by atoms with E-state index in [9.17, 15) is 8.78 Å². The molecular weight excluding hydrogens is 326 g/mol. The van der Waals surface area contributed by atoms with Crippen LogP contribution in [0.3, 0.4) is 0 Å². The van der Waals surface area contributed by atoms with E-state index in [1.165, 1.54) is 0 Å². The van der Waals surface area contributed by atoms with Crippen LogP contribution in [-0.2, 0) is 17.8 Å². The molecule has 0 radical (unpaired) electrons. The fourth-order valence-electron chi connectivity index (χ4n) is 3.54. The van der Waals surface area contributed by atoms with E-state index in [0.717, 1.165) is 28.9 Å². The van der Waals surface area contributed by atoms with Gasteiger partial charge in [0.2, 0.25) is 0 Å². The largest absolute Gasteiger partial charge is 0.369 e. The Morgan fingerprint density at radius 1 is 1.32 bits per heavy atom. The molecule has 0 saturated carbocycles. The molecule has 0 amide bonds. The zero-order valence-corrected chi connectivity index (χ0v) is 14.7. The summed E-state index contributed by atoms with van der Waals surface area (Å²) in [6.45, 7) is 6.51. The smallest absolute Gasteiger partial charge is 0.266 e. The van der Waals surface area contributed by atoms with E-state index in [1.54, 1.807) is 11.1 Å². The number of fused-ring (bicyclic) bond motifs is 1. The molecule has 0 unspecified atom stereocenters. The maximum atomic E-state index is 13.7. The molecule has 0 spiro atoms. The highest BCUT2D eigenvalue weighted by Crippen LogP contribution is 2.37. The Bertz CT molecular complexity index is 815. The topological polar surface area (TPSA) is 54.0 Å². The lowest BCUT2D eigenvalue weighted by Gasteiger charge is -2.28. The fourth-order valence-corrected chi connectivity index (χ4v) is 3.54. The minimum Gasteiger partial charge on any atom is -0.369 e. The Kier molecular flexibility index (Phi) is 3.61. The number of anilines is 1. The third-order valence-electron chi connectivity index (χ3n) is 4.91. The van der Waals surface area contributed by atoms with Crippen LogP contribution in [0.5, 0.6) is 0 Å². The zero-order valence-electron chi connectivity index (χ0n) is 14.7. The van der Waals surface area contributed by atoms with Crippen LogP contribution < -0.4 is 4.90 Å². The van der Waals surface area contributed by atoms with Gasteiger partial charge in [0.25, 0.3) is 5.92 Å². The SMILES string of the molecule is Cc1ccnc(N2CCC(F)(F)C2)c1-c1nc2c([nH]1)COC(C)(C)C2. The second kappa shape index (κ2) is 5.49. The summed E-state index contributed by atoms with van der Waals surface area (Å²) in [7, 11) is 0. The summed E-state index contributed by atoms with van der Waals surface area (Å²) in [6.07, 6.45) is 2.24. The molecule has 2 aliphatic heterocycles. The summed E-state index contributed by atoms with van der Waals surface area (Å²) in [6, 6.07) is 1.88. The average molecular weight is 348 g/mol. The Balaban J connectivity index is 1.75. The number of pyridine rings is 1. The quantitative estimate of drug-likeness (QED) is 0.903. The first-order valence-electron chi connectivity index (χ1n) is 8.55. The first-order chi connectivity index (χ1) is 11.7. The lowest BCUT2D eigenvalue weighted by atomic mass is 9.99. The van der Waals surface area contributed by atoms with Crippen molar-refractivity contribution < 1.29 is 13.5 Å². The maximum Gasteiger partial charge on any atom is 0.266 e. The molecule has 1 N–H and O–H groups in total. The Hall–Kier alpha value is -2.02. The molecule has 4 rings (SSSR count). The van der Waals surface area contributed by atoms with Gasteiger partial charge in [-0.3, -0.25) is 0 Å². The number of rotatable bonds is 2. The van der Waals surface area contributed by atoms with Crippen molar-refractivity contribution in [3.05, 3.63) is 29.2 Å². The number of H-pyrrole nitrogens is 1. The third kappa shape index (κ3) is 3.01. The van der Waals surface area contributed by atoms with Crippen LogP contribution in [0.2, 0.25) is 0 Å². The normalized spacial score (nSPS) is 21.4. The number of aromatic nitrogens is 3. The Morgan fingerprint density at radius 3 is 2.84 bits per heavy atom. The summed E-state index contributed by atoms with van der Waals surface area (Å²) < 4.78 is 33.2. The van der Waals surface area contributed by atoms with E-state index in [1.807, 2.05) is 26.8 Å². The van der Waals surface area contributed by atoms with Crippen LogP contribution in [0.4, 0.5) is 14.6 Å². The molecule has 0 aromatic carbocycles. The van der Waals surface area contributed by atoms with Crippen molar-refractivity contribution in [2.75, 3.05) is 18.0 Å². The Labute approximate surface area is 145 Å². The molecule has 134 valence electrons. The van der Waals surface area contributed by atoms with Gasteiger partial charge in [0, 0.05) is 25.6 Å². The molecule has 0 bridgehead atoms. The lowest BCUT2D eigenvalue weighted by Crippen LogP contribution is -2.31. The minimum atomic E-state index is -2.66. The number of halogens is 2. The molecule has 2 aliphatic rings. The molecular formula is C18H22F2N4O. The van der Waals surface area contributed by atoms with Gasteiger partial charge in [-0.15, -0.1) is 0 Å². The predicted octanol–water partition coefficient (Wildman–Crippen LogP) is 3.48. The fraction of sp³-hybridized carbons (Fsp3) is 0.556. The van der Waals surface area contributed by atoms with Gasteiger partial charge in [0.05, 0.1) is 35.7 Å². The highest BCUT2D eigenvalue weighted by Gasteiger charge is 2.40. The summed E-state index contributed by atoms with van der Waals surface area (Å²) in [5.41, 5.74) is 3.45. The van der Waals surface area contributed by atoms with Crippen LogP contribution in [0, 0.1) is 6.92 Å². The maximum absolute atomic E-state index is 13.7. The van der Waals surface area contributed by atoms with Crippen LogP contribution in [-0.4, -0.2) is 39.6 Å². The molecule has 4 heterocycles. The third-order valence-corrected chi connectivity index (χ3v) is 4.91. The van der Waals surface area contributed by atoms with E-state index >= 15 is 0 Å². The summed E-state index contributed by atoms with van der Waals surface area (Å²) >= 11 is 0. The molecule has 2 aromatic heterocycles. The monoisotopic (exact) mass is 348 g/mol. The van der Waals surface area contributed by atoms with Crippen molar-refractivity contribution in [3.63, 3.8) is 0 Å². The zero-order chi connectivity index (χ0) is 17.8. The minimum absolute atomic E-state index is 0.140. The first-order valence-corrected chi connectivity index (χ1v) is 8.55. The van der Waals surface area contributed by atoms with Crippen LogP contribution in [0.1, 0.15) is 37.2 Å². The van der Waals surface area contributed by atoms with Crippen LogP contribution in [0.15, 0.2) is 12.3 Å². The molecule has 5 nitrogen and oxygen atoms in total. The lowest BCUT2D eigenvalue weighted by molar-refractivity contribution is -0.0422. The van der Waals surface area contributed by atoms with Gasteiger partial charge in [-0.2, -0.15) is 0 Å². The number of aryl methyl sites for hydroxylation is 1. The standard InChI is InChI=1S/C18H22F2N4O/c1-11-4-6-21-16(24-7-5-18(19,20)10-24)14(11)15-22-12-8-17(2,3)25-9-13(12)23-15/h4,6H,5,7-10H2,1-3H3,(H,22,23). The number of alkyl halides is 2. The molecule has 25 heavy (non-hydrogen) atoms. The summed E-state index contributed by atoms with van der Waals surface area (Å²) in [4.78, 5) is 14.1. The Morgan fingerprint density at radius 2 is 2.12 bits per heavy atom. The van der Waals surface area contributed by atoms with Gasteiger partial charge in [0.1, 0.15) is 11.6 Å². The van der Waals surface area contributed by atoms with Crippen molar-refractivity contribution in [2.24, 2.45) is 0 Å². The number of ether oxygens (including phenoxy) is 1. The summed E-state index contributed by atoms with van der Waals surface area (Å²) in [5, 5.41) is 0. The van der Waals surface area contributed by atoms with Crippen molar-refractivity contribution in [3.8, 4) is 11.4 Å². The first kappa shape index (κ1) is 16.4. The summed E-state index contributed by atoms with van der Waals surface area (Å²) in [5.74, 6) is -1.41. The van der Waals surface area contributed by atoms with Crippen molar-refractivity contribution >= 4 is 5.82 Å². The van der Waals surface area contributed by atoms with E-state index < -0.39 is 5.92 Å². The highest BCUT2D eigenvalue weighted by molar-refractivity contribution is 5.75. The van der Waals surface area contributed by atoms with E-state index in [0.29, 0.717) is 24.8 Å². The van der Waals surface area contributed by atoms with Gasteiger partial charge in [-0.25, -0.2) is 18.7 Å². The molecule has 7 heteroatoms. The number of aromatic amines is 1. The molecule has 0 aliphatic carbocycles. The van der Waals surface area contributed by atoms with E-state index in [-0.39, 0.29) is 18.6 Å². The van der Waals surface area contributed by atoms with Crippen LogP contribution in [0.25, 0.3) is 11.4 Å². The van der Waals surface area contributed by atoms with Crippen molar-refractivity contribution in [1.82, 2.24) is 15.0 Å². The van der Waals surface area contributed by atoms with Crippen molar-refractivity contribution in [2.45, 2.75) is 51.7 Å². The molecule has 2 aromatic rings. The average Bonchev–Trinajstić information content (AvgIpc) is 3.08. The van der Waals surface area contributed by atoms with Gasteiger partial charge >= 0.3 is 0 Å². The molecule has 1 saturated heterocycles. The van der Waals surface area contributed by atoms with E-state index in [4.69, 9.17) is 9.72 Å². The molecule has 0 atom stereocenters. The van der Waals surface area contributed by atoms with Gasteiger partial charge < -0.3 is 14.6 Å². The number of nitrogens with one attached hydrogen (secondary N) is 1. The van der Waals surface area contributed by atoms with Gasteiger partial charge in [0.15, 0.2) is 0 Å². The van der Waals surface area contributed by atoms with Gasteiger partial charge in [-0.1, -0.05) is 0 Å². The van der Waals surface area contributed by atoms with Crippen molar-refractivity contribution in [1.29, 1.82) is 0 Å². The highest BCUT2D eigenvalue weighted by atomic mass is 19.3. The predicted molar refractivity (Wildman–Crippen MR) is 90.9 cm³/mol. The second-order valence-electron chi connectivity index (χ2n) is 7.59. The second-order valence-corrected chi connectivity index (χ2v) is 7.59. The van der Waals surface area contributed by atoms with E-state index in [2.05, 4.69) is 9.97 Å².